The highest BCUT2D eigenvalue weighted by molar-refractivity contribution is 5.35. The highest BCUT2D eigenvalue weighted by Crippen LogP contribution is 2.73. The van der Waals surface area contributed by atoms with Gasteiger partial charge in [0, 0.05) is 40.4 Å². The second-order valence-electron chi connectivity index (χ2n) is 9.58. The van der Waals surface area contributed by atoms with Crippen LogP contribution >= 0.6 is 0 Å². The molecule has 2 N–H and O–H groups in total. The van der Waals surface area contributed by atoms with E-state index >= 15 is 0 Å². The first-order chi connectivity index (χ1) is 9.91. The number of fused-ring (bicyclic) bond motifs is 1. The van der Waals surface area contributed by atoms with E-state index in [9.17, 15) is 0 Å². The quantitative estimate of drug-likeness (QED) is 0.708. The molecule has 4 nitrogen and oxygen atoms in total. The summed E-state index contributed by atoms with van der Waals surface area (Å²) in [6.45, 7) is 11.2. The third kappa shape index (κ3) is 0.920. The van der Waals surface area contributed by atoms with Crippen LogP contribution in [0.15, 0.2) is 0 Å². The Morgan fingerprint density at radius 1 is 1.00 bits per heavy atom. The fourth-order valence-electron chi connectivity index (χ4n) is 8.09. The van der Waals surface area contributed by atoms with Gasteiger partial charge in [0.2, 0.25) is 0 Å². The predicted octanol–water partition coefficient (Wildman–Crippen LogP) is 1.55. The molecule has 116 valence electrons. The molecule has 4 heterocycles. The summed E-state index contributed by atoms with van der Waals surface area (Å²) in [4.78, 5) is 0. The highest BCUT2D eigenvalue weighted by atomic mass is 15.8. The number of hydrogen-bond donors (Lipinski definition) is 2. The Hall–Kier alpha value is -0.160. The second kappa shape index (κ2) is 3.08. The fraction of sp³-hybridized carbons (Fsp3) is 1.00. The Balaban J connectivity index is 1.62. The first kappa shape index (κ1) is 12.3. The lowest BCUT2D eigenvalue weighted by atomic mass is 9.56. The molecular weight excluding hydrogens is 260 g/mol. The summed E-state index contributed by atoms with van der Waals surface area (Å²) in [5.74, 6) is 3.55. The summed E-state index contributed by atoms with van der Waals surface area (Å²) in [5, 5.41) is 5.21. The second-order valence-corrected chi connectivity index (χ2v) is 9.58. The first-order valence-electron chi connectivity index (χ1n) is 8.99. The smallest absolute Gasteiger partial charge is 0.0792 e. The van der Waals surface area contributed by atoms with Crippen molar-refractivity contribution in [2.24, 2.45) is 29.1 Å². The largest absolute Gasteiger partial charge is 0.250 e. The van der Waals surface area contributed by atoms with Crippen molar-refractivity contribution < 1.29 is 0 Å². The van der Waals surface area contributed by atoms with Crippen molar-refractivity contribution >= 4 is 0 Å². The molecule has 7 fully saturated rings. The maximum absolute atomic E-state index is 3.98. The van der Waals surface area contributed by atoms with E-state index in [2.05, 4.69) is 48.6 Å². The average Bonchev–Trinajstić information content (AvgIpc) is 3.00. The molecule has 0 amide bonds. The summed E-state index contributed by atoms with van der Waals surface area (Å²) >= 11 is 0. The lowest BCUT2D eigenvalue weighted by molar-refractivity contribution is -0.255. The van der Waals surface area contributed by atoms with Crippen LogP contribution in [0.3, 0.4) is 0 Å². The summed E-state index contributed by atoms with van der Waals surface area (Å²) in [7, 11) is 0. The van der Waals surface area contributed by atoms with Crippen LogP contribution in [0.25, 0.3) is 0 Å². The van der Waals surface area contributed by atoms with E-state index in [4.69, 9.17) is 0 Å². The van der Waals surface area contributed by atoms with Crippen LogP contribution in [0.5, 0.6) is 0 Å². The van der Waals surface area contributed by atoms with Gasteiger partial charge in [-0.1, -0.05) is 20.3 Å². The van der Waals surface area contributed by atoms with Crippen LogP contribution in [0.4, 0.5) is 0 Å². The van der Waals surface area contributed by atoms with Crippen molar-refractivity contribution in [1.82, 2.24) is 20.9 Å². The minimum absolute atomic E-state index is 0.252. The Bertz CT molecular complexity index is 547. The van der Waals surface area contributed by atoms with Gasteiger partial charge < -0.3 is 0 Å². The van der Waals surface area contributed by atoms with E-state index in [0.717, 1.165) is 36.4 Å². The van der Waals surface area contributed by atoms with Crippen molar-refractivity contribution in [2.45, 2.75) is 70.1 Å². The van der Waals surface area contributed by atoms with Crippen molar-refractivity contribution in [2.75, 3.05) is 6.67 Å². The lowest BCUT2D eigenvalue weighted by Crippen LogP contribution is -2.85. The zero-order valence-electron chi connectivity index (χ0n) is 13.7. The van der Waals surface area contributed by atoms with Gasteiger partial charge in [-0.3, -0.25) is 0 Å². The van der Waals surface area contributed by atoms with E-state index < -0.39 is 0 Å². The van der Waals surface area contributed by atoms with Gasteiger partial charge in [-0.15, -0.1) is 0 Å². The fourth-order valence-corrected chi connectivity index (χ4v) is 8.09. The molecule has 9 atom stereocenters. The van der Waals surface area contributed by atoms with E-state index in [1.165, 1.54) is 19.3 Å². The van der Waals surface area contributed by atoms with Crippen molar-refractivity contribution in [3.63, 3.8) is 0 Å². The summed E-state index contributed by atoms with van der Waals surface area (Å²) in [6.07, 6.45) is 4.41. The number of nitrogens with zero attached hydrogens (tertiary/aromatic N) is 2. The minimum atomic E-state index is 0.252. The third-order valence-electron chi connectivity index (χ3n) is 9.44. The first-order valence-corrected chi connectivity index (χ1v) is 8.99. The van der Waals surface area contributed by atoms with E-state index in [-0.39, 0.29) is 5.54 Å². The predicted molar refractivity (Wildman–Crippen MR) is 80.8 cm³/mol. The molecule has 1 unspecified atom stereocenters. The molecule has 0 aromatic rings. The molecule has 6 bridgehead atoms. The van der Waals surface area contributed by atoms with Crippen LogP contribution in [0.2, 0.25) is 0 Å². The van der Waals surface area contributed by atoms with Crippen molar-refractivity contribution in [1.29, 1.82) is 0 Å². The monoisotopic (exact) mass is 288 g/mol. The molecule has 4 aliphatic heterocycles. The Kier molecular flexibility index (Phi) is 1.80. The third-order valence-corrected chi connectivity index (χ3v) is 9.44. The summed E-state index contributed by atoms with van der Waals surface area (Å²) < 4.78 is 0. The number of rotatable bonds is 0. The SMILES string of the molecule is CC1(C)[C@]2(C)NN3CN4N[C@@H]5[C@@H]6CCC[C@@H]6[C@H]4[C@@H]([C@@H]52)[C@]31C. The van der Waals surface area contributed by atoms with Crippen molar-refractivity contribution in [3.8, 4) is 0 Å². The number of hydrazine groups is 2. The average molecular weight is 288 g/mol. The molecule has 0 spiro atoms. The highest BCUT2D eigenvalue weighted by Gasteiger charge is 2.83. The Labute approximate surface area is 127 Å². The zero-order chi connectivity index (χ0) is 14.4. The van der Waals surface area contributed by atoms with E-state index in [1.807, 2.05) is 0 Å². The van der Waals surface area contributed by atoms with Gasteiger partial charge in [0.25, 0.3) is 0 Å². The van der Waals surface area contributed by atoms with Gasteiger partial charge in [-0.25, -0.2) is 20.9 Å². The van der Waals surface area contributed by atoms with Crippen LogP contribution in [0.1, 0.15) is 47.0 Å². The van der Waals surface area contributed by atoms with Gasteiger partial charge in [0.15, 0.2) is 0 Å². The minimum Gasteiger partial charge on any atom is -0.250 e. The topological polar surface area (TPSA) is 30.5 Å². The molecule has 7 aliphatic rings. The maximum Gasteiger partial charge on any atom is 0.0792 e. The zero-order valence-corrected chi connectivity index (χ0v) is 13.7. The molecular formula is C17H28N4. The molecule has 4 heteroatoms. The van der Waals surface area contributed by atoms with Gasteiger partial charge in [-0.2, -0.15) is 0 Å². The van der Waals surface area contributed by atoms with Crippen LogP contribution in [-0.4, -0.2) is 39.8 Å². The van der Waals surface area contributed by atoms with Crippen LogP contribution in [0, 0.1) is 29.1 Å². The van der Waals surface area contributed by atoms with Crippen LogP contribution < -0.4 is 10.9 Å². The van der Waals surface area contributed by atoms with E-state index in [0.29, 0.717) is 17.0 Å². The van der Waals surface area contributed by atoms with Crippen molar-refractivity contribution in [3.05, 3.63) is 0 Å². The van der Waals surface area contributed by atoms with Gasteiger partial charge >= 0.3 is 0 Å². The molecule has 0 aromatic carbocycles. The molecule has 3 aliphatic carbocycles. The Morgan fingerprint density at radius 2 is 1.76 bits per heavy atom. The molecule has 0 aromatic heterocycles. The Morgan fingerprint density at radius 3 is 2.57 bits per heavy atom. The number of nitrogens with one attached hydrogen (secondary N) is 2. The summed E-state index contributed by atoms with van der Waals surface area (Å²) in [5.41, 5.74) is 8.86. The number of hydrogen-bond acceptors (Lipinski definition) is 4. The molecule has 21 heavy (non-hydrogen) atoms. The standard InChI is InChI=1S/C17H28N4/c1-15(2)16(3)11-12-14-10-7-5-6-9(10)13(11)18-20(14)8-21(19-16)17(12,15)4/h9-14,18-19H,5-8H2,1-4H3/t9-,10+,11+,12-,13-,14+,16-,17+/m1/s1. The normalized spacial score (nSPS) is 68.9. The van der Waals surface area contributed by atoms with Crippen LogP contribution in [-0.2, 0) is 0 Å². The van der Waals surface area contributed by atoms with E-state index in [1.54, 1.807) is 0 Å². The molecule has 4 saturated heterocycles. The molecule has 7 rings (SSSR count). The summed E-state index contributed by atoms with van der Waals surface area (Å²) in [6, 6.07) is 1.51. The van der Waals surface area contributed by atoms with Gasteiger partial charge in [0.1, 0.15) is 0 Å². The van der Waals surface area contributed by atoms with Gasteiger partial charge in [0.05, 0.1) is 6.67 Å². The maximum atomic E-state index is 3.98. The molecule has 0 radical (unpaired) electrons. The lowest BCUT2D eigenvalue weighted by Gasteiger charge is -2.69. The molecule has 3 saturated carbocycles. The van der Waals surface area contributed by atoms with Gasteiger partial charge in [-0.05, 0) is 38.5 Å².